The van der Waals surface area contributed by atoms with Gasteiger partial charge in [0.15, 0.2) is 5.13 Å². The first-order chi connectivity index (χ1) is 11.8. The number of hydrogen-bond donors (Lipinski definition) is 1. The highest BCUT2D eigenvalue weighted by atomic mass is 32.1. The van der Waals surface area contributed by atoms with Gasteiger partial charge >= 0.3 is 6.18 Å². The smallest absolute Gasteiger partial charge is 0.411 e. The number of aromatic nitrogens is 1. The normalized spacial score (nSPS) is 11.4. The summed E-state index contributed by atoms with van der Waals surface area (Å²) in [7, 11) is 1.58. The van der Waals surface area contributed by atoms with Crippen molar-refractivity contribution in [3.05, 3.63) is 29.1 Å². The third kappa shape index (κ3) is 6.02. The lowest BCUT2D eigenvalue weighted by Gasteiger charge is -2.07. The first-order valence-electron chi connectivity index (χ1n) is 7.34. The molecule has 2 aromatic rings. The molecule has 1 heterocycles. The summed E-state index contributed by atoms with van der Waals surface area (Å²) in [5, 5.41) is 2.97. The summed E-state index contributed by atoms with van der Waals surface area (Å²) in [6.07, 6.45) is -4.57. The largest absolute Gasteiger partial charge is 0.497 e. The predicted molar refractivity (Wildman–Crippen MR) is 89.0 cm³/mol. The van der Waals surface area contributed by atoms with Gasteiger partial charge in [-0.05, 0) is 31.2 Å². The number of anilines is 1. The van der Waals surface area contributed by atoms with Crippen LogP contribution >= 0.6 is 11.3 Å². The Morgan fingerprint density at radius 2 is 1.96 bits per heavy atom. The van der Waals surface area contributed by atoms with E-state index in [-0.39, 0.29) is 13.0 Å². The molecule has 2 rings (SSSR count). The Bertz CT molecular complexity index is 714. The summed E-state index contributed by atoms with van der Waals surface area (Å²) in [4.78, 5) is 17.0. The number of carbonyl (C=O) groups is 1. The number of benzene rings is 1. The SMILES string of the molecule is COc1ccc(-c2nc(NC(=O)CCOCC(F)(F)F)sc2C)cc1. The molecule has 0 atom stereocenters. The molecule has 0 bridgehead atoms. The van der Waals surface area contributed by atoms with Gasteiger partial charge in [-0.25, -0.2) is 4.98 Å². The molecule has 136 valence electrons. The fourth-order valence-electron chi connectivity index (χ4n) is 2.00. The molecule has 0 aliphatic heterocycles. The van der Waals surface area contributed by atoms with E-state index in [1.165, 1.54) is 11.3 Å². The number of rotatable bonds is 7. The van der Waals surface area contributed by atoms with Gasteiger partial charge in [0.05, 0.1) is 25.8 Å². The third-order valence-corrected chi connectivity index (χ3v) is 4.03. The van der Waals surface area contributed by atoms with Gasteiger partial charge in [-0.3, -0.25) is 4.79 Å². The molecule has 0 saturated heterocycles. The number of aryl methyl sites for hydroxylation is 1. The first-order valence-corrected chi connectivity index (χ1v) is 8.16. The lowest BCUT2D eigenvalue weighted by molar-refractivity contribution is -0.174. The molecule has 5 nitrogen and oxygen atoms in total. The highest BCUT2D eigenvalue weighted by molar-refractivity contribution is 7.16. The van der Waals surface area contributed by atoms with Gasteiger partial charge in [0, 0.05) is 10.4 Å². The van der Waals surface area contributed by atoms with Gasteiger partial charge in [0.2, 0.25) is 5.91 Å². The van der Waals surface area contributed by atoms with E-state index in [4.69, 9.17) is 4.74 Å². The summed E-state index contributed by atoms with van der Waals surface area (Å²) < 4.78 is 45.3. The van der Waals surface area contributed by atoms with E-state index in [2.05, 4.69) is 15.0 Å². The van der Waals surface area contributed by atoms with E-state index in [1.54, 1.807) is 7.11 Å². The maximum Gasteiger partial charge on any atom is 0.411 e. The number of nitrogens with zero attached hydrogens (tertiary/aromatic N) is 1. The number of amides is 1. The Kier molecular flexibility index (Phi) is 6.38. The summed E-state index contributed by atoms with van der Waals surface area (Å²) >= 11 is 1.30. The monoisotopic (exact) mass is 374 g/mol. The second-order valence-corrected chi connectivity index (χ2v) is 6.32. The molecule has 0 saturated carbocycles. The maximum absolute atomic E-state index is 11.9. The van der Waals surface area contributed by atoms with E-state index in [1.807, 2.05) is 31.2 Å². The first kappa shape index (κ1) is 19.2. The number of alkyl halides is 3. The summed E-state index contributed by atoms with van der Waals surface area (Å²) in [5.74, 6) is 0.279. The fraction of sp³-hybridized carbons (Fsp3) is 0.375. The van der Waals surface area contributed by atoms with Crippen molar-refractivity contribution >= 4 is 22.4 Å². The van der Waals surface area contributed by atoms with Crippen molar-refractivity contribution < 1.29 is 27.4 Å². The van der Waals surface area contributed by atoms with Crippen LogP contribution in [0.25, 0.3) is 11.3 Å². The molecule has 1 N–H and O–H groups in total. The maximum atomic E-state index is 11.9. The van der Waals surface area contributed by atoms with Crippen LogP contribution in [-0.4, -0.2) is 37.4 Å². The molecule has 1 aromatic carbocycles. The quantitative estimate of drug-likeness (QED) is 0.744. The molecule has 1 aromatic heterocycles. The number of carbonyl (C=O) groups excluding carboxylic acids is 1. The Balaban J connectivity index is 1.91. The zero-order valence-corrected chi connectivity index (χ0v) is 14.5. The lowest BCUT2D eigenvalue weighted by atomic mass is 10.1. The van der Waals surface area contributed by atoms with Crippen LogP contribution in [0.2, 0.25) is 0 Å². The van der Waals surface area contributed by atoms with Crippen LogP contribution in [0.4, 0.5) is 18.3 Å². The topological polar surface area (TPSA) is 60.5 Å². The van der Waals surface area contributed by atoms with E-state index >= 15 is 0 Å². The number of hydrogen-bond acceptors (Lipinski definition) is 5. The zero-order valence-electron chi connectivity index (χ0n) is 13.6. The van der Waals surface area contributed by atoms with Crippen molar-refractivity contribution in [1.82, 2.24) is 4.98 Å². The zero-order chi connectivity index (χ0) is 18.4. The van der Waals surface area contributed by atoms with Crippen LogP contribution in [-0.2, 0) is 9.53 Å². The molecule has 0 spiro atoms. The Labute approximate surface area is 146 Å². The van der Waals surface area contributed by atoms with Crippen LogP contribution in [0.1, 0.15) is 11.3 Å². The van der Waals surface area contributed by atoms with E-state index in [0.29, 0.717) is 5.13 Å². The average Bonchev–Trinajstić information content (AvgIpc) is 2.91. The molecule has 1 amide bonds. The van der Waals surface area contributed by atoms with Crippen molar-refractivity contribution in [2.24, 2.45) is 0 Å². The van der Waals surface area contributed by atoms with Gasteiger partial charge in [-0.1, -0.05) is 0 Å². The molecule has 0 radical (unpaired) electrons. The Morgan fingerprint density at radius 1 is 1.28 bits per heavy atom. The van der Waals surface area contributed by atoms with Crippen LogP contribution in [0.15, 0.2) is 24.3 Å². The number of ether oxygens (including phenoxy) is 2. The van der Waals surface area contributed by atoms with Crippen LogP contribution < -0.4 is 10.1 Å². The van der Waals surface area contributed by atoms with Crippen LogP contribution in [0, 0.1) is 6.92 Å². The summed E-state index contributed by atoms with van der Waals surface area (Å²) in [6.45, 7) is 0.207. The summed E-state index contributed by atoms with van der Waals surface area (Å²) in [6, 6.07) is 7.34. The second kappa shape index (κ2) is 8.30. The highest BCUT2D eigenvalue weighted by Crippen LogP contribution is 2.31. The van der Waals surface area contributed by atoms with Crippen molar-refractivity contribution in [2.45, 2.75) is 19.5 Å². The lowest BCUT2D eigenvalue weighted by Crippen LogP contribution is -2.20. The molecule has 9 heteroatoms. The van der Waals surface area contributed by atoms with Crippen molar-refractivity contribution in [1.29, 1.82) is 0 Å². The Hall–Kier alpha value is -2.13. The average molecular weight is 374 g/mol. The van der Waals surface area contributed by atoms with Crippen molar-refractivity contribution in [3.63, 3.8) is 0 Å². The predicted octanol–water partition coefficient (Wildman–Crippen LogP) is 4.03. The fourth-order valence-corrected chi connectivity index (χ4v) is 2.85. The number of halogens is 3. The number of thiazole rings is 1. The standard InChI is InChI=1S/C16H17F3N2O3S/c1-10-14(11-3-5-12(23-2)6-4-11)21-15(25-10)20-13(22)7-8-24-9-16(17,18)19/h3-6H,7-9H2,1-2H3,(H,20,21,22). The third-order valence-electron chi connectivity index (χ3n) is 3.15. The molecule has 25 heavy (non-hydrogen) atoms. The second-order valence-electron chi connectivity index (χ2n) is 5.12. The number of methoxy groups -OCH3 is 1. The van der Waals surface area contributed by atoms with Crippen molar-refractivity contribution in [2.75, 3.05) is 25.6 Å². The van der Waals surface area contributed by atoms with Crippen molar-refractivity contribution in [3.8, 4) is 17.0 Å². The van der Waals surface area contributed by atoms with Gasteiger partial charge in [-0.15, -0.1) is 11.3 Å². The van der Waals surface area contributed by atoms with E-state index in [9.17, 15) is 18.0 Å². The minimum Gasteiger partial charge on any atom is -0.497 e. The molecular formula is C16H17F3N2O3S. The Morgan fingerprint density at radius 3 is 2.56 bits per heavy atom. The van der Waals surface area contributed by atoms with Crippen LogP contribution in [0.5, 0.6) is 5.75 Å². The van der Waals surface area contributed by atoms with E-state index in [0.717, 1.165) is 21.9 Å². The number of nitrogens with one attached hydrogen (secondary N) is 1. The molecule has 0 unspecified atom stereocenters. The van der Waals surface area contributed by atoms with Gasteiger partial charge in [0.1, 0.15) is 12.4 Å². The molecule has 0 aliphatic rings. The highest BCUT2D eigenvalue weighted by Gasteiger charge is 2.27. The molecule has 0 fully saturated rings. The van der Waals surface area contributed by atoms with Gasteiger partial charge in [-0.2, -0.15) is 13.2 Å². The molecule has 0 aliphatic carbocycles. The molecular weight excluding hydrogens is 357 g/mol. The minimum atomic E-state index is -4.39. The summed E-state index contributed by atoms with van der Waals surface area (Å²) in [5.41, 5.74) is 1.61. The van der Waals surface area contributed by atoms with Gasteiger partial charge in [0.25, 0.3) is 0 Å². The van der Waals surface area contributed by atoms with Gasteiger partial charge < -0.3 is 14.8 Å². The van der Waals surface area contributed by atoms with Crippen LogP contribution in [0.3, 0.4) is 0 Å². The minimum absolute atomic E-state index is 0.174. The van der Waals surface area contributed by atoms with E-state index < -0.39 is 18.7 Å².